The molecule has 1 aliphatic heterocycles. The molecule has 0 spiro atoms. The van der Waals surface area contributed by atoms with Crippen LogP contribution in [0.5, 0.6) is 0 Å². The highest BCUT2D eigenvalue weighted by molar-refractivity contribution is 8.14. The van der Waals surface area contributed by atoms with Crippen LogP contribution in [0.4, 0.5) is 5.69 Å². The zero-order valence-corrected chi connectivity index (χ0v) is 11.8. The summed E-state index contributed by atoms with van der Waals surface area (Å²) in [5.41, 5.74) is 2.28. The number of aliphatic imine (C=N–C) groups is 1. The Morgan fingerprint density at radius 2 is 2.29 bits per heavy atom. The molecule has 1 aliphatic rings. The van der Waals surface area contributed by atoms with E-state index in [0.29, 0.717) is 0 Å². The minimum atomic E-state index is 0.0988. The van der Waals surface area contributed by atoms with E-state index in [4.69, 9.17) is 4.99 Å². The minimum Gasteiger partial charge on any atom is -0.332 e. The second-order valence-corrected chi connectivity index (χ2v) is 5.66. The van der Waals surface area contributed by atoms with Crippen molar-refractivity contribution >= 4 is 22.6 Å². The molecule has 0 bridgehead atoms. The maximum atomic E-state index is 4.75. The van der Waals surface area contributed by atoms with Crippen molar-refractivity contribution in [3.05, 3.63) is 11.9 Å². The maximum absolute atomic E-state index is 4.75. The van der Waals surface area contributed by atoms with Gasteiger partial charge in [-0.1, -0.05) is 25.6 Å². The summed E-state index contributed by atoms with van der Waals surface area (Å²) in [6.07, 6.45) is 4.04. The van der Waals surface area contributed by atoms with Crippen molar-refractivity contribution in [2.24, 2.45) is 12.0 Å². The van der Waals surface area contributed by atoms with Gasteiger partial charge in [0, 0.05) is 19.0 Å². The molecule has 0 aromatic carbocycles. The fourth-order valence-corrected chi connectivity index (χ4v) is 2.98. The van der Waals surface area contributed by atoms with E-state index in [-0.39, 0.29) is 5.54 Å². The molecule has 1 atom stereocenters. The number of amidine groups is 1. The summed E-state index contributed by atoms with van der Waals surface area (Å²) in [7, 11) is 1.95. The van der Waals surface area contributed by atoms with Crippen LogP contribution in [0.25, 0.3) is 0 Å². The summed E-state index contributed by atoms with van der Waals surface area (Å²) in [6.45, 7) is 6.51. The lowest BCUT2D eigenvalue weighted by atomic mass is 10.0. The number of hydrogen-bond acceptors (Lipinski definition) is 4. The highest BCUT2D eigenvalue weighted by Gasteiger charge is 2.29. The first-order valence-corrected chi connectivity index (χ1v) is 7.07. The number of nitrogens with one attached hydrogen (secondary N) is 1. The Morgan fingerprint density at radius 1 is 1.53 bits per heavy atom. The van der Waals surface area contributed by atoms with Crippen LogP contribution in [0.15, 0.2) is 11.2 Å². The summed E-state index contributed by atoms with van der Waals surface area (Å²) < 4.78 is 1.85. The predicted octanol–water partition coefficient (Wildman–Crippen LogP) is 2.67. The number of thioether (sulfide) groups is 1. The summed E-state index contributed by atoms with van der Waals surface area (Å²) >= 11 is 1.80. The second-order valence-electron chi connectivity index (χ2n) is 4.70. The molecule has 0 amide bonds. The lowest BCUT2D eigenvalue weighted by Crippen LogP contribution is -2.20. The summed E-state index contributed by atoms with van der Waals surface area (Å²) in [4.78, 5) is 4.75. The first kappa shape index (κ1) is 12.5. The van der Waals surface area contributed by atoms with Crippen molar-refractivity contribution in [2.45, 2.75) is 39.2 Å². The highest BCUT2D eigenvalue weighted by Crippen LogP contribution is 2.31. The van der Waals surface area contributed by atoms with E-state index in [1.807, 2.05) is 17.9 Å². The van der Waals surface area contributed by atoms with E-state index in [1.165, 1.54) is 0 Å². The van der Waals surface area contributed by atoms with Gasteiger partial charge in [0.05, 0.1) is 16.9 Å². The number of aryl methyl sites for hydroxylation is 2. The Bertz CT molecular complexity index is 438. The van der Waals surface area contributed by atoms with Crippen molar-refractivity contribution in [3.63, 3.8) is 0 Å². The zero-order chi connectivity index (χ0) is 12.5. The van der Waals surface area contributed by atoms with Crippen molar-refractivity contribution in [3.8, 4) is 0 Å². The SMILES string of the molecule is CCc1nn(C)cc1NC1=NC(C)(CC)CS1. The molecule has 1 aromatic rings. The van der Waals surface area contributed by atoms with Gasteiger partial charge < -0.3 is 5.32 Å². The molecule has 0 saturated heterocycles. The molecule has 94 valence electrons. The Balaban J connectivity index is 2.14. The molecule has 2 heterocycles. The average molecular weight is 252 g/mol. The molecular formula is C12H20N4S. The third-order valence-electron chi connectivity index (χ3n) is 3.13. The zero-order valence-electron chi connectivity index (χ0n) is 10.9. The first-order chi connectivity index (χ1) is 8.06. The lowest BCUT2D eigenvalue weighted by molar-refractivity contribution is 0.523. The number of aromatic nitrogens is 2. The van der Waals surface area contributed by atoms with Gasteiger partial charge in [-0.3, -0.25) is 9.67 Å². The lowest BCUT2D eigenvalue weighted by Gasteiger charge is -2.15. The van der Waals surface area contributed by atoms with Crippen LogP contribution in [0.1, 0.15) is 32.9 Å². The number of anilines is 1. The maximum Gasteiger partial charge on any atom is 0.161 e. The normalized spacial score (nSPS) is 23.9. The molecule has 0 aliphatic carbocycles. The first-order valence-electron chi connectivity index (χ1n) is 6.08. The van der Waals surface area contributed by atoms with Gasteiger partial charge in [-0.25, -0.2) is 0 Å². The average Bonchev–Trinajstić information content (AvgIpc) is 2.84. The monoisotopic (exact) mass is 252 g/mol. The van der Waals surface area contributed by atoms with Crippen LogP contribution in [0.3, 0.4) is 0 Å². The molecule has 1 unspecified atom stereocenters. The number of hydrogen-bond donors (Lipinski definition) is 1. The van der Waals surface area contributed by atoms with E-state index >= 15 is 0 Å². The van der Waals surface area contributed by atoms with Gasteiger partial charge in [0.1, 0.15) is 0 Å². The summed E-state index contributed by atoms with van der Waals surface area (Å²) in [5.74, 6) is 1.06. The smallest absolute Gasteiger partial charge is 0.161 e. The molecule has 0 saturated carbocycles. The number of rotatable bonds is 3. The highest BCUT2D eigenvalue weighted by atomic mass is 32.2. The Labute approximate surface area is 107 Å². The van der Waals surface area contributed by atoms with Crippen LogP contribution >= 0.6 is 11.8 Å². The summed E-state index contributed by atoms with van der Waals surface area (Å²) in [5, 5.41) is 8.84. The Morgan fingerprint density at radius 3 is 2.88 bits per heavy atom. The van der Waals surface area contributed by atoms with Crippen LogP contribution in [0, 0.1) is 0 Å². The summed E-state index contributed by atoms with van der Waals surface area (Å²) in [6, 6.07) is 0. The van der Waals surface area contributed by atoms with Gasteiger partial charge in [0.25, 0.3) is 0 Å². The topological polar surface area (TPSA) is 42.2 Å². The quantitative estimate of drug-likeness (QED) is 0.899. The van der Waals surface area contributed by atoms with Gasteiger partial charge in [0.15, 0.2) is 5.17 Å². The van der Waals surface area contributed by atoms with Gasteiger partial charge in [-0.15, -0.1) is 0 Å². The fourth-order valence-electron chi connectivity index (χ4n) is 1.79. The van der Waals surface area contributed by atoms with Crippen molar-refractivity contribution in [1.29, 1.82) is 0 Å². The fraction of sp³-hybridized carbons (Fsp3) is 0.667. The van der Waals surface area contributed by atoms with Crippen molar-refractivity contribution in [2.75, 3.05) is 11.1 Å². The molecule has 1 aromatic heterocycles. The van der Waals surface area contributed by atoms with Crippen LogP contribution in [0.2, 0.25) is 0 Å². The van der Waals surface area contributed by atoms with Gasteiger partial charge in [0.2, 0.25) is 0 Å². The molecule has 1 N–H and O–H groups in total. The third kappa shape index (κ3) is 2.65. The molecule has 0 fully saturated rings. The Hall–Kier alpha value is -0.970. The van der Waals surface area contributed by atoms with E-state index in [0.717, 1.165) is 35.1 Å². The van der Waals surface area contributed by atoms with Crippen LogP contribution in [-0.2, 0) is 13.5 Å². The van der Waals surface area contributed by atoms with E-state index < -0.39 is 0 Å². The predicted molar refractivity (Wildman–Crippen MR) is 74.8 cm³/mol. The number of nitrogens with zero attached hydrogens (tertiary/aromatic N) is 3. The minimum absolute atomic E-state index is 0.0988. The largest absolute Gasteiger partial charge is 0.332 e. The molecule has 4 nitrogen and oxygen atoms in total. The van der Waals surface area contributed by atoms with Crippen molar-refractivity contribution < 1.29 is 0 Å². The van der Waals surface area contributed by atoms with Gasteiger partial charge >= 0.3 is 0 Å². The Kier molecular flexibility index (Phi) is 3.47. The van der Waals surface area contributed by atoms with Crippen molar-refractivity contribution in [1.82, 2.24) is 9.78 Å². The molecule has 2 rings (SSSR count). The molecular weight excluding hydrogens is 232 g/mol. The molecule has 5 heteroatoms. The van der Waals surface area contributed by atoms with Gasteiger partial charge in [-0.05, 0) is 19.8 Å². The van der Waals surface area contributed by atoms with Crippen LogP contribution in [-0.4, -0.2) is 26.2 Å². The van der Waals surface area contributed by atoms with Crippen LogP contribution < -0.4 is 5.32 Å². The molecule has 0 radical (unpaired) electrons. The van der Waals surface area contributed by atoms with E-state index in [2.05, 4.69) is 31.2 Å². The van der Waals surface area contributed by atoms with Gasteiger partial charge in [-0.2, -0.15) is 5.10 Å². The van der Waals surface area contributed by atoms with E-state index in [1.54, 1.807) is 11.8 Å². The van der Waals surface area contributed by atoms with E-state index in [9.17, 15) is 0 Å². The standard InChI is InChI=1S/C12H20N4S/c1-5-9-10(7-16(4)15-9)13-11-14-12(3,6-2)8-17-11/h7H,5-6,8H2,1-4H3,(H,13,14). The third-order valence-corrected chi connectivity index (χ3v) is 4.37. The molecule has 17 heavy (non-hydrogen) atoms. The second kappa shape index (κ2) is 4.72.